The van der Waals surface area contributed by atoms with Gasteiger partial charge in [-0.3, -0.25) is 9.36 Å². The zero-order chi connectivity index (χ0) is 17.6. The second-order valence-corrected chi connectivity index (χ2v) is 7.33. The number of carboxylic acid groups (broad SMARTS) is 1. The summed E-state index contributed by atoms with van der Waals surface area (Å²) in [6.07, 6.45) is 1.28. The summed E-state index contributed by atoms with van der Waals surface area (Å²) in [6, 6.07) is 4.13. The quantitative estimate of drug-likeness (QED) is 0.728. The number of nitrogens with zero attached hydrogens (tertiary/aromatic N) is 2. The summed E-state index contributed by atoms with van der Waals surface area (Å²) >= 11 is 13.4. The Morgan fingerprint density at radius 3 is 2.67 bits per heavy atom. The number of hydrogen-bond acceptors (Lipinski definition) is 4. The van der Waals surface area contributed by atoms with Crippen LogP contribution in [-0.2, 0) is 4.79 Å². The number of rotatable bonds is 3. The van der Waals surface area contributed by atoms with E-state index in [-0.39, 0.29) is 5.56 Å². The Balaban J connectivity index is 2.34. The van der Waals surface area contributed by atoms with E-state index in [0.29, 0.717) is 25.8 Å². The van der Waals surface area contributed by atoms with E-state index >= 15 is 0 Å². The minimum atomic E-state index is -1.10. The molecule has 0 saturated carbocycles. The fourth-order valence-electron chi connectivity index (χ4n) is 2.51. The molecule has 24 heavy (non-hydrogen) atoms. The van der Waals surface area contributed by atoms with Crippen LogP contribution in [0.25, 0.3) is 21.3 Å². The molecule has 1 unspecified atom stereocenters. The summed E-state index contributed by atoms with van der Waals surface area (Å²) in [5.74, 6) is -1.10. The maximum Gasteiger partial charge on any atom is 0.326 e. The minimum Gasteiger partial charge on any atom is -0.480 e. The largest absolute Gasteiger partial charge is 0.480 e. The molecule has 0 saturated heterocycles. The Morgan fingerprint density at radius 2 is 2.04 bits per heavy atom. The highest BCUT2D eigenvalue weighted by molar-refractivity contribution is 7.19. The van der Waals surface area contributed by atoms with E-state index in [9.17, 15) is 14.7 Å². The van der Waals surface area contributed by atoms with Gasteiger partial charge in [-0.1, -0.05) is 29.3 Å². The average molecular weight is 383 g/mol. The van der Waals surface area contributed by atoms with Crippen molar-refractivity contribution in [1.29, 1.82) is 0 Å². The molecule has 0 spiro atoms. The van der Waals surface area contributed by atoms with Crippen LogP contribution >= 0.6 is 34.5 Å². The van der Waals surface area contributed by atoms with Crippen molar-refractivity contribution in [2.24, 2.45) is 0 Å². The highest BCUT2D eigenvalue weighted by Gasteiger charge is 2.21. The highest BCUT2D eigenvalue weighted by atomic mass is 35.5. The smallest absolute Gasteiger partial charge is 0.326 e. The van der Waals surface area contributed by atoms with Crippen LogP contribution in [-0.4, -0.2) is 20.6 Å². The molecule has 0 fully saturated rings. The molecule has 0 aliphatic heterocycles. The van der Waals surface area contributed by atoms with Gasteiger partial charge in [0.1, 0.15) is 10.9 Å². The van der Waals surface area contributed by atoms with Crippen LogP contribution in [0.1, 0.15) is 17.8 Å². The Bertz CT molecular complexity index is 1030. The molecule has 1 atom stereocenters. The first-order valence-electron chi connectivity index (χ1n) is 6.99. The molecule has 2 aromatic heterocycles. The first-order valence-corrected chi connectivity index (χ1v) is 8.57. The van der Waals surface area contributed by atoms with Crippen molar-refractivity contribution < 1.29 is 9.90 Å². The van der Waals surface area contributed by atoms with E-state index in [4.69, 9.17) is 23.2 Å². The monoisotopic (exact) mass is 382 g/mol. The lowest BCUT2D eigenvalue weighted by Crippen LogP contribution is -2.28. The summed E-state index contributed by atoms with van der Waals surface area (Å²) in [7, 11) is 0. The molecular formula is C16H12Cl2N2O3S. The number of aromatic nitrogens is 2. The Morgan fingerprint density at radius 1 is 1.33 bits per heavy atom. The van der Waals surface area contributed by atoms with Crippen LogP contribution < -0.4 is 5.56 Å². The average Bonchev–Trinajstić information content (AvgIpc) is 2.87. The van der Waals surface area contributed by atoms with Crippen LogP contribution in [0.4, 0.5) is 0 Å². The maximum absolute atomic E-state index is 12.8. The summed E-state index contributed by atoms with van der Waals surface area (Å²) in [4.78, 5) is 29.8. The van der Waals surface area contributed by atoms with Crippen molar-refractivity contribution in [3.63, 3.8) is 0 Å². The molecule has 0 aliphatic carbocycles. The molecule has 0 amide bonds. The van der Waals surface area contributed by atoms with Gasteiger partial charge in [0.2, 0.25) is 0 Å². The number of halogens is 2. The van der Waals surface area contributed by atoms with Gasteiger partial charge < -0.3 is 5.11 Å². The molecule has 5 nitrogen and oxygen atoms in total. The molecule has 124 valence electrons. The predicted octanol–water partition coefficient (Wildman–Crippen LogP) is 4.39. The topological polar surface area (TPSA) is 72.2 Å². The van der Waals surface area contributed by atoms with Crippen molar-refractivity contribution in [3.8, 4) is 11.1 Å². The fourth-order valence-corrected chi connectivity index (χ4v) is 3.81. The standard InChI is InChI=1S/C16H12Cl2N2O3S/c1-7(16(22)23)20-6-19-14-13(15(20)21)12(8(2)24-14)9-3-4-10(17)11(18)5-9/h3-7H,1-2H3,(H,22,23). The third-order valence-corrected chi connectivity index (χ3v) is 5.55. The zero-order valence-electron chi connectivity index (χ0n) is 12.7. The van der Waals surface area contributed by atoms with Crippen LogP contribution in [0, 0.1) is 6.92 Å². The van der Waals surface area contributed by atoms with Crippen molar-refractivity contribution in [2.75, 3.05) is 0 Å². The third kappa shape index (κ3) is 2.70. The number of thiophene rings is 1. The Kier molecular flexibility index (Phi) is 4.38. The minimum absolute atomic E-state index is 0.385. The molecule has 3 rings (SSSR count). The summed E-state index contributed by atoms with van der Waals surface area (Å²) in [6.45, 7) is 3.32. The van der Waals surface area contributed by atoms with E-state index in [1.165, 1.54) is 24.6 Å². The molecule has 0 aliphatic rings. The lowest BCUT2D eigenvalue weighted by Gasteiger charge is -2.10. The van der Waals surface area contributed by atoms with Gasteiger partial charge in [-0.05, 0) is 31.5 Å². The molecule has 0 bridgehead atoms. The first kappa shape index (κ1) is 17.0. The second-order valence-electron chi connectivity index (χ2n) is 5.31. The van der Waals surface area contributed by atoms with Crippen LogP contribution in [0.2, 0.25) is 10.0 Å². The van der Waals surface area contributed by atoms with Crippen LogP contribution in [0.15, 0.2) is 29.3 Å². The Labute approximate surface area is 151 Å². The Hall–Kier alpha value is -1.89. The lowest BCUT2D eigenvalue weighted by atomic mass is 10.0. The van der Waals surface area contributed by atoms with Crippen LogP contribution in [0.3, 0.4) is 0 Å². The van der Waals surface area contributed by atoms with E-state index in [0.717, 1.165) is 15.0 Å². The number of aryl methyl sites for hydroxylation is 1. The fraction of sp³-hybridized carbons (Fsp3) is 0.188. The SMILES string of the molecule is Cc1sc2ncn(C(C)C(=O)O)c(=O)c2c1-c1ccc(Cl)c(Cl)c1. The molecule has 0 radical (unpaired) electrons. The van der Waals surface area contributed by atoms with Gasteiger partial charge in [-0.15, -0.1) is 11.3 Å². The molecule has 2 heterocycles. The van der Waals surface area contributed by atoms with Gasteiger partial charge in [0.15, 0.2) is 0 Å². The van der Waals surface area contributed by atoms with E-state index in [1.54, 1.807) is 18.2 Å². The number of benzene rings is 1. The molecule has 1 N–H and O–H groups in total. The lowest BCUT2D eigenvalue weighted by molar-refractivity contribution is -0.140. The number of fused-ring (bicyclic) bond motifs is 1. The zero-order valence-corrected chi connectivity index (χ0v) is 15.0. The number of carbonyl (C=O) groups is 1. The maximum atomic E-state index is 12.8. The molecule has 3 aromatic rings. The normalized spacial score (nSPS) is 12.5. The van der Waals surface area contributed by atoms with E-state index in [1.807, 2.05) is 6.92 Å². The van der Waals surface area contributed by atoms with Gasteiger partial charge in [0, 0.05) is 10.4 Å². The third-order valence-electron chi connectivity index (χ3n) is 3.80. The van der Waals surface area contributed by atoms with Crippen molar-refractivity contribution in [3.05, 3.63) is 49.8 Å². The summed E-state index contributed by atoms with van der Waals surface area (Å²) in [5, 5.41) is 10.4. The predicted molar refractivity (Wildman–Crippen MR) is 96.4 cm³/mol. The summed E-state index contributed by atoms with van der Waals surface area (Å²) < 4.78 is 1.12. The van der Waals surface area contributed by atoms with Gasteiger partial charge in [-0.25, -0.2) is 9.78 Å². The van der Waals surface area contributed by atoms with E-state index < -0.39 is 12.0 Å². The van der Waals surface area contributed by atoms with Gasteiger partial charge >= 0.3 is 5.97 Å². The number of aliphatic carboxylic acids is 1. The van der Waals surface area contributed by atoms with Gasteiger partial charge in [0.25, 0.3) is 5.56 Å². The molecule has 1 aromatic carbocycles. The van der Waals surface area contributed by atoms with Crippen LogP contribution in [0.5, 0.6) is 0 Å². The van der Waals surface area contributed by atoms with Crippen molar-refractivity contribution >= 4 is 50.7 Å². The second kappa shape index (κ2) is 6.20. The number of carboxylic acids is 1. The van der Waals surface area contributed by atoms with Crippen molar-refractivity contribution in [2.45, 2.75) is 19.9 Å². The summed E-state index contributed by atoms with van der Waals surface area (Å²) in [5.41, 5.74) is 1.06. The number of hydrogen-bond donors (Lipinski definition) is 1. The molecule has 8 heteroatoms. The first-order chi connectivity index (χ1) is 11.3. The van der Waals surface area contributed by atoms with E-state index in [2.05, 4.69) is 4.98 Å². The van der Waals surface area contributed by atoms with Gasteiger partial charge in [-0.2, -0.15) is 0 Å². The molecular weight excluding hydrogens is 371 g/mol. The highest BCUT2D eigenvalue weighted by Crippen LogP contribution is 2.37. The van der Waals surface area contributed by atoms with Crippen molar-refractivity contribution in [1.82, 2.24) is 9.55 Å². The van der Waals surface area contributed by atoms with Gasteiger partial charge in [0.05, 0.1) is 21.8 Å².